The minimum atomic E-state index is -4.39. The summed E-state index contributed by atoms with van der Waals surface area (Å²) in [6.07, 6.45) is 56.0. The molecule has 0 aliphatic carbocycles. The van der Waals surface area contributed by atoms with Crippen LogP contribution in [0, 0.1) is 0 Å². The SMILES string of the molecule is CC/C=C\C/C=C\C/C=C\C/C=C\C/C=C\C/C=C\CCCCCCC(=O)OC(COC(=O)CCCCCCC/C=C\C/C=C\CCCC)COP(=O)(O)OCC[N+](C)(C)C. The lowest BCUT2D eigenvalue weighted by molar-refractivity contribution is -0.870. The highest BCUT2D eigenvalue weighted by Gasteiger charge is 2.27. The van der Waals surface area contributed by atoms with Crippen molar-refractivity contribution in [3.63, 3.8) is 0 Å². The van der Waals surface area contributed by atoms with E-state index in [1.165, 1.54) is 12.8 Å². The normalized spacial score (nSPS) is 14.4. The molecule has 0 radical (unpaired) electrons. The fourth-order valence-electron chi connectivity index (χ4n) is 5.68. The first-order valence-electron chi connectivity index (χ1n) is 23.5. The van der Waals surface area contributed by atoms with Crippen molar-refractivity contribution in [1.29, 1.82) is 0 Å². The number of phosphoric ester groups is 1. The van der Waals surface area contributed by atoms with Crippen LogP contribution in [0.5, 0.6) is 0 Å². The number of ether oxygens (including phenoxy) is 2. The maximum atomic E-state index is 12.7. The number of carbonyl (C=O) groups excluding carboxylic acids is 2. The Morgan fingerprint density at radius 3 is 1.39 bits per heavy atom. The van der Waals surface area contributed by atoms with E-state index < -0.39 is 32.5 Å². The molecule has 10 heteroatoms. The number of quaternary nitrogens is 1. The van der Waals surface area contributed by atoms with Crippen LogP contribution in [0.25, 0.3) is 0 Å². The maximum absolute atomic E-state index is 12.7. The molecule has 2 atom stereocenters. The van der Waals surface area contributed by atoms with E-state index in [1.54, 1.807) is 0 Å². The second kappa shape index (κ2) is 42.2. The number of rotatable bonds is 41. The first-order chi connectivity index (χ1) is 29.5. The number of esters is 2. The standard InChI is InChI=1S/C51H86NO8P/c1-6-8-10-12-14-16-18-20-22-23-24-25-26-27-28-29-30-32-34-36-38-40-42-44-51(54)60-49(48-59-61(55,56)58-46-45-52(3,4)5)47-57-50(53)43-41-39-37-35-33-31-21-19-17-15-13-11-9-7-2/h8,10,13-16,19-22,24-25,27-28,30,32,49H,6-7,9,11-12,17-18,23,26,29,31,33-48H2,1-5H3/p+1/b10-8-,15-13-,16-14-,21-19-,22-20-,25-24-,28-27-,32-30-. The number of hydrogen-bond acceptors (Lipinski definition) is 7. The average Bonchev–Trinajstić information content (AvgIpc) is 3.21. The van der Waals surface area contributed by atoms with Crippen molar-refractivity contribution < 1.29 is 42.1 Å². The molecule has 9 nitrogen and oxygen atoms in total. The summed E-state index contributed by atoms with van der Waals surface area (Å²) in [4.78, 5) is 35.4. The quantitative estimate of drug-likeness (QED) is 0.0213. The second-order valence-electron chi connectivity index (χ2n) is 16.4. The Hall–Kier alpha value is -3.07. The molecule has 0 aromatic heterocycles. The molecular weight excluding hydrogens is 786 g/mol. The predicted molar refractivity (Wildman–Crippen MR) is 256 cm³/mol. The zero-order chi connectivity index (χ0) is 45.0. The summed E-state index contributed by atoms with van der Waals surface area (Å²) in [5.74, 6) is -0.854. The lowest BCUT2D eigenvalue weighted by Gasteiger charge is -2.24. The molecule has 0 heterocycles. The van der Waals surface area contributed by atoms with Crippen molar-refractivity contribution in [3.05, 3.63) is 97.2 Å². The molecule has 0 spiro atoms. The minimum Gasteiger partial charge on any atom is -0.462 e. The van der Waals surface area contributed by atoms with Crippen molar-refractivity contribution in [3.8, 4) is 0 Å². The molecule has 0 aliphatic heterocycles. The van der Waals surface area contributed by atoms with Gasteiger partial charge in [-0.1, -0.05) is 156 Å². The first-order valence-corrected chi connectivity index (χ1v) is 25.0. The Labute approximate surface area is 373 Å². The molecule has 0 aromatic rings. The van der Waals surface area contributed by atoms with E-state index in [0.717, 1.165) is 109 Å². The van der Waals surface area contributed by atoms with Crippen molar-refractivity contribution in [2.45, 2.75) is 168 Å². The lowest BCUT2D eigenvalue weighted by atomic mass is 10.1. The Morgan fingerprint density at radius 2 is 0.934 bits per heavy atom. The van der Waals surface area contributed by atoms with Crippen molar-refractivity contribution in [1.82, 2.24) is 0 Å². The van der Waals surface area contributed by atoms with Gasteiger partial charge in [0.2, 0.25) is 0 Å². The number of allylic oxidation sites excluding steroid dienone is 16. The number of phosphoric acid groups is 1. The van der Waals surface area contributed by atoms with Gasteiger partial charge < -0.3 is 18.9 Å². The van der Waals surface area contributed by atoms with E-state index in [0.29, 0.717) is 23.9 Å². The number of hydrogen-bond donors (Lipinski definition) is 1. The predicted octanol–water partition coefficient (Wildman–Crippen LogP) is 13.7. The van der Waals surface area contributed by atoms with Crippen LogP contribution in [0.2, 0.25) is 0 Å². The van der Waals surface area contributed by atoms with Crippen molar-refractivity contribution in [2.75, 3.05) is 47.5 Å². The summed E-state index contributed by atoms with van der Waals surface area (Å²) in [6.45, 7) is 4.20. The van der Waals surface area contributed by atoms with Gasteiger partial charge in [-0.3, -0.25) is 18.6 Å². The van der Waals surface area contributed by atoms with Crippen LogP contribution in [-0.2, 0) is 32.7 Å². The van der Waals surface area contributed by atoms with E-state index in [9.17, 15) is 19.0 Å². The summed E-state index contributed by atoms with van der Waals surface area (Å²) < 4.78 is 34.3. The largest absolute Gasteiger partial charge is 0.472 e. The highest BCUT2D eigenvalue weighted by atomic mass is 31.2. The molecule has 0 fully saturated rings. The third-order valence-electron chi connectivity index (χ3n) is 9.35. The average molecular weight is 873 g/mol. The molecule has 0 aliphatic rings. The monoisotopic (exact) mass is 873 g/mol. The van der Waals surface area contributed by atoms with Crippen molar-refractivity contribution in [2.24, 2.45) is 0 Å². The van der Waals surface area contributed by atoms with Gasteiger partial charge in [-0.05, 0) is 89.9 Å². The molecule has 0 bridgehead atoms. The number of nitrogens with zero attached hydrogens (tertiary/aromatic N) is 1. The van der Waals surface area contributed by atoms with Gasteiger partial charge >= 0.3 is 19.8 Å². The van der Waals surface area contributed by atoms with Gasteiger partial charge in [-0.25, -0.2) is 4.57 Å². The molecule has 348 valence electrons. The van der Waals surface area contributed by atoms with Gasteiger partial charge in [0, 0.05) is 12.8 Å². The summed E-state index contributed by atoms with van der Waals surface area (Å²) in [6, 6.07) is 0. The molecule has 0 amide bonds. The summed E-state index contributed by atoms with van der Waals surface area (Å²) in [5.41, 5.74) is 0. The smallest absolute Gasteiger partial charge is 0.462 e. The van der Waals surface area contributed by atoms with Crippen LogP contribution in [0.1, 0.15) is 162 Å². The van der Waals surface area contributed by atoms with Gasteiger partial charge in [-0.2, -0.15) is 0 Å². The van der Waals surface area contributed by atoms with Crippen LogP contribution in [0.4, 0.5) is 0 Å². The van der Waals surface area contributed by atoms with Gasteiger partial charge in [0.25, 0.3) is 0 Å². The van der Waals surface area contributed by atoms with Crippen LogP contribution >= 0.6 is 7.82 Å². The van der Waals surface area contributed by atoms with Crippen molar-refractivity contribution >= 4 is 19.8 Å². The van der Waals surface area contributed by atoms with Gasteiger partial charge in [-0.15, -0.1) is 0 Å². The summed E-state index contributed by atoms with van der Waals surface area (Å²) in [5, 5.41) is 0. The summed E-state index contributed by atoms with van der Waals surface area (Å²) >= 11 is 0. The Morgan fingerprint density at radius 1 is 0.525 bits per heavy atom. The first kappa shape index (κ1) is 57.9. The zero-order valence-electron chi connectivity index (χ0n) is 39.1. The molecule has 0 rings (SSSR count). The maximum Gasteiger partial charge on any atom is 0.472 e. The highest BCUT2D eigenvalue weighted by molar-refractivity contribution is 7.47. The Balaban J connectivity index is 4.41. The third kappa shape index (κ3) is 46.3. The van der Waals surface area contributed by atoms with E-state index in [4.69, 9.17) is 18.5 Å². The zero-order valence-corrected chi connectivity index (χ0v) is 40.0. The van der Waals surface area contributed by atoms with Crippen LogP contribution in [0.15, 0.2) is 97.2 Å². The highest BCUT2D eigenvalue weighted by Crippen LogP contribution is 2.43. The van der Waals surface area contributed by atoms with E-state index in [1.807, 2.05) is 21.1 Å². The molecule has 61 heavy (non-hydrogen) atoms. The van der Waals surface area contributed by atoms with E-state index in [-0.39, 0.29) is 26.1 Å². The van der Waals surface area contributed by atoms with E-state index >= 15 is 0 Å². The minimum absolute atomic E-state index is 0.0182. The third-order valence-corrected chi connectivity index (χ3v) is 10.3. The molecule has 1 N–H and O–H groups in total. The Bertz CT molecular complexity index is 1350. The number of unbranched alkanes of at least 4 members (excludes halogenated alkanes) is 11. The van der Waals surface area contributed by atoms with Crippen LogP contribution < -0.4 is 0 Å². The molecule has 0 saturated carbocycles. The molecular formula is C51H87NO8P+. The van der Waals surface area contributed by atoms with E-state index in [2.05, 4.69) is 111 Å². The molecule has 0 aromatic carbocycles. The summed E-state index contributed by atoms with van der Waals surface area (Å²) in [7, 11) is 1.43. The lowest BCUT2D eigenvalue weighted by Crippen LogP contribution is -2.37. The topological polar surface area (TPSA) is 108 Å². The van der Waals surface area contributed by atoms with Gasteiger partial charge in [0.05, 0.1) is 27.7 Å². The fraction of sp³-hybridized carbons (Fsp3) is 0.647. The van der Waals surface area contributed by atoms with Crippen LogP contribution in [0.3, 0.4) is 0 Å². The van der Waals surface area contributed by atoms with Crippen LogP contribution in [-0.4, -0.2) is 74.9 Å². The fourth-order valence-corrected chi connectivity index (χ4v) is 6.42. The van der Waals surface area contributed by atoms with Gasteiger partial charge in [0.15, 0.2) is 6.10 Å². The van der Waals surface area contributed by atoms with Gasteiger partial charge in [0.1, 0.15) is 19.8 Å². The second-order valence-corrected chi connectivity index (χ2v) is 17.9. The molecule has 0 saturated heterocycles. The number of carbonyl (C=O) groups is 2. The molecule has 2 unspecified atom stereocenters. The number of likely N-dealkylation sites (N-methyl/N-ethyl adjacent to an activating group) is 1. The Kier molecular flexibility index (Phi) is 40.1.